The fourth-order valence-corrected chi connectivity index (χ4v) is 2.87. The molecular weight excluding hydrogens is 280 g/mol. The molecule has 3 N–H and O–H groups in total. The first kappa shape index (κ1) is 15.4. The molecule has 2 aromatic rings. The number of amides is 1. The first-order chi connectivity index (χ1) is 10.1. The van der Waals surface area contributed by atoms with Crippen LogP contribution in [0.25, 0.3) is 0 Å². The Morgan fingerprint density at radius 3 is 2.67 bits per heavy atom. The minimum absolute atomic E-state index is 0.0448. The summed E-state index contributed by atoms with van der Waals surface area (Å²) in [6.45, 7) is 1.94. The van der Waals surface area contributed by atoms with Crippen LogP contribution in [-0.2, 0) is 10.5 Å². The van der Waals surface area contributed by atoms with E-state index in [0.717, 1.165) is 22.8 Å². The van der Waals surface area contributed by atoms with Gasteiger partial charge in [-0.3, -0.25) is 4.79 Å². The minimum atomic E-state index is 0.0448. The number of hydrogen-bond acceptors (Lipinski definition) is 3. The van der Waals surface area contributed by atoms with Gasteiger partial charge < -0.3 is 11.1 Å². The lowest BCUT2D eigenvalue weighted by Gasteiger charge is -2.09. The summed E-state index contributed by atoms with van der Waals surface area (Å²) < 4.78 is 0. The van der Waals surface area contributed by atoms with Gasteiger partial charge in [0.1, 0.15) is 0 Å². The monoisotopic (exact) mass is 300 g/mol. The Kier molecular flexibility index (Phi) is 5.69. The molecular formula is C17H20N2OS. The number of nitrogen functional groups attached to an aromatic ring is 1. The van der Waals surface area contributed by atoms with Gasteiger partial charge in [0.15, 0.2) is 0 Å². The zero-order valence-electron chi connectivity index (χ0n) is 12.1. The van der Waals surface area contributed by atoms with E-state index < -0.39 is 0 Å². The molecule has 0 saturated carbocycles. The van der Waals surface area contributed by atoms with Crippen LogP contribution < -0.4 is 11.1 Å². The third-order valence-electron chi connectivity index (χ3n) is 3.11. The maximum absolute atomic E-state index is 11.9. The molecule has 0 spiro atoms. The summed E-state index contributed by atoms with van der Waals surface area (Å²) in [7, 11) is 0. The molecule has 0 aliphatic heterocycles. The van der Waals surface area contributed by atoms with Gasteiger partial charge in [-0.1, -0.05) is 30.3 Å². The second kappa shape index (κ2) is 7.74. The predicted octanol–water partition coefficient (Wildman–Crippen LogP) is 3.84. The number of anilines is 2. The van der Waals surface area contributed by atoms with Gasteiger partial charge in [0.05, 0.1) is 0 Å². The van der Waals surface area contributed by atoms with Gasteiger partial charge >= 0.3 is 0 Å². The number of nitrogens with one attached hydrogen (secondary N) is 1. The van der Waals surface area contributed by atoms with E-state index in [1.807, 2.05) is 37.3 Å². The van der Waals surface area contributed by atoms with Crippen LogP contribution in [0.1, 0.15) is 17.5 Å². The molecule has 0 bridgehead atoms. The molecule has 4 heteroatoms. The second-order valence-electron chi connectivity index (χ2n) is 4.91. The molecule has 110 valence electrons. The molecule has 2 rings (SSSR count). The molecule has 0 saturated heterocycles. The first-order valence-corrected chi connectivity index (χ1v) is 8.08. The highest BCUT2D eigenvalue weighted by atomic mass is 32.2. The van der Waals surface area contributed by atoms with Gasteiger partial charge in [0.2, 0.25) is 5.91 Å². The summed E-state index contributed by atoms with van der Waals surface area (Å²) >= 11 is 1.77. The topological polar surface area (TPSA) is 55.1 Å². The Labute approximate surface area is 129 Å². The smallest absolute Gasteiger partial charge is 0.225 e. The molecule has 0 atom stereocenters. The van der Waals surface area contributed by atoms with Gasteiger partial charge in [-0.25, -0.2) is 0 Å². The van der Waals surface area contributed by atoms with E-state index in [9.17, 15) is 4.79 Å². The van der Waals surface area contributed by atoms with Crippen molar-refractivity contribution >= 4 is 29.0 Å². The number of thioether (sulfide) groups is 1. The standard InChI is InChI=1S/C17H20N2OS/c1-13-11-15(18)7-8-16(13)19-17(20)9-10-21-12-14-5-3-2-4-6-14/h2-8,11H,9-10,12,18H2,1H3,(H,19,20). The number of aryl methyl sites for hydroxylation is 1. The Hall–Kier alpha value is -1.94. The lowest BCUT2D eigenvalue weighted by molar-refractivity contribution is -0.115. The second-order valence-corrected chi connectivity index (χ2v) is 6.02. The number of hydrogen-bond donors (Lipinski definition) is 2. The van der Waals surface area contributed by atoms with Gasteiger partial charge in [0, 0.05) is 29.3 Å². The Morgan fingerprint density at radius 1 is 1.19 bits per heavy atom. The van der Waals surface area contributed by atoms with Crippen LogP contribution in [0.2, 0.25) is 0 Å². The molecule has 21 heavy (non-hydrogen) atoms. The molecule has 0 unspecified atom stereocenters. The Balaban J connectivity index is 1.72. The van der Waals surface area contributed by atoms with E-state index in [1.165, 1.54) is 5.56 Å². The molecule has 0 fully saturated rings. The zero-order valence-corrected chi connectivity index (χ0v) is 13.0. The van der Waals surface area contributed by atoms with Crippen molar-refractivity contribution in [3.05, 3.63) is 59.7 Å². The average Bonchev–Trinajstić information content (AvgIpc) is 2.48. The highest BCUT2D eigenvalue weighted by molar-refractivity contribution is 7.98. The number of nitrogens with two attached hydrogens (primary N) is 1. The fourth-order valence-electron chi connectivity index (χ4n) is 1.97. The minimum Gasteiger partial charge on any atom is -0.399 e. The summed E-state index contributed by atoms with van der Waals surface area (Å²) in [6, 6.07) is 15.8. The lowest BCUT2D eigenvalue weighted by atomic mass is 10.2. The quantitative estimate of drug-likeness (QED) is 0.629. The zero-order chi connectivity index (χ0) is 15.1. The maximum Gasteiger partial charge on any atom is 0.225 e. The first-order valence-electron chi connectivity index (χ1n) is 6.93. The highest BCUT2D eigenvalue weighted by Crippen LogP contribution is 2.18. The molecule has 1 amide bonds. The third-order valence-corrected chi connectivity index (χ3v) is 4.14. The number of rotatable bonds is 6. The van der Waals surface area contributed by atoms with Gasteiger partial charge in [0.25, 0.3) is 0 Å². The van der Waals surface area contributed by atoms with Crippen molar-refractivity contribution in [3.63, 3.8) is 0 Å². The van der Waals surface area contributed by atoms with E-state index >= 15 is 0 Å². The average molecular weight is 300 g/mol. The number of carbonyl (C=O) groups excluding carboxylic acids is 1. The molecule has 0 aromatic heterocycles. The van der Waals surface area contributed by atoms with Crippen LogP contribution in [0.15, 0.2) is 48.5 Å². The van der Waals surface area contributed by atoms with E-state index in [2.05, 4.69) is 17.4 Å². The van der Waals surface area contributed by atoms with Gasteiger partial charge in [-0.2, -0.15) is 11.8 Å². The SMILES string of the molecule is Cc1cc(N)ccc1NC(=O)CCSCc1ccccc1. The largest absolute Gasteiger partial charge is 0.399 e. The molecule has 3 nitrogen and oxygen atoms in total. The predicted molar refractivity (Wildman–Crippen MR) is 91.4 cm³/mol. The normalized spacial score (nSPS) is 10.3. The Morgan fingerprint density at radius 2 is 1.95 bits per heavy atom. The molecule has 0 heterocycles. The van der Waals surface area contributed by atoms with Crippen molar-refractivity contribution in [1.82, 2.24) is 0 Å². The van der Waals surface area contributed by atoms with Gasteiger partial charge in [-0.15, -0.1) is 0 Å². The van der Waals surface area contributed by atoms with E-state index in [4.69, 9.17) is 5.73 Å². The van der Waals surface area contributed by atoms with Crippen LogP contribution in [0.4, 0.5) is 11.4 Å². The van der Waals surface area contributed by atoms with Crippen molar-refractivity contribution < 1.29 is 4.79 Å². The summed E-state index contributed by atoms with van der Waals surface area (Å²) in [5.41, 5.74) is 9.52. The summed E-state index contributed by atoms with van der Waals surface area (Å²) in [5, 5.41) is 2.93. The number of carbonyl (C=O) groups is 1. The number of benzene rings is 2. The van der Waals surface area contributed by atoms with E-state index in [-0.39, 0.29) is 5.91 Å². The van der Waals surface area contributed by atoms with Crippen molar-refractivity contribution in [3.8, 4) is 0 Å². The van der Waals surface area contributed by atoms with Crippen LogP contribution in [0.3, 0.4) is 0 Å². The van der Waals surface area contributed by atoms with Crippen LogP contribution in [0, 0.1) is 6.92 Å². The van der Waals surface area contributed by atoms with Crippen molar-refractivity contribution in [2.24, 2.45) is 0 Å². The van der Waals surface area contributed by atoms with Crippen molar-refractivity contribution in [2.75, 3.05) is 16.8 Å². The van der Waals surface area contributed by atoms with Crippen LogP contribution >= 0.6 is 11.8 Å². The molecule has 0 aliphatic rings. The van der Waals surface area contributed by atoms with E-state index in [0.29, 0.717) is 12.1 Å². The fraction of sp³-hybridized carbons (Fsp3) is 0.235. The van der Waals surface area contributed by atoms with Crippen molar-refractivity contribution in [2.45, 2.75) is 19.1 Å². The summed E-state index contributed by atoms with van der Waals surface area (Å²) in [6.07, 6.45) is 0.515. The molecule has 2 aromatic carbocycles. The maximum atomic E-state index is 11.9. The third kappa shape index (κ3) is 5.16. The highest BCUT2D eigenvalue weighted by Gasteiger charge is 2.05. The van der Waals surface area contributed by atoms with Crippen molar-refractivity contribution in [1.29, 1.82) is 0 Å². The lowest BCUT2D eigenvalue weighted by Crippen LogP contribution is -2.13. The summed E-state index contributed by atoms with van der Waals surface area (Å²) in [4.78, 5) is 11.9. The summed E-state index contributed by atoms with van der Waals surface area (Å²) in [5.74, 6) is 1.80. The van der Waals surface area contributed by atoms with Crippen LogP contribution in [-0.4, -0.2) is 11.7 Å². The molecule has 0 aliphatic carbocycles. The Bertz CT molecular complexity index is 599. The molecule has 0 radical (unpaired) electrons. The van der Waals surface area contributed by atoms with E-state index in [1.54, 1.807) is 17.8 Å². The van der Waals surface area contributed by atoms with Gasteiger partial charge in [-0.05, 0) is 36.2 Å². The van der Waals surface area contributed by atoms with Crippen LogP contribution in [0.5, 0.6) is 0 Å².